The molecule has 0 saturated carbocycles. The number of likely N-dealkylation sites (tertiary alicyclic amines) is 1. The van der Waals surface area contributed by atoms with E-state index >= 15 is 0 Å². The first-order valence-corrected chi connectivity index (χ1v) is 11.0. The monoisotopic (exact) mass is 453 g/mol. The van der Waals surface area contributed by atoms with Gasteiger partial charge in [0, 0.05) is 23.8 Å². The molecule has 2 aromatic rings. The summed E-state index contributed by atoms with van der Waals surface area (Å²) < 4.78 is 0. The van der Waals surface area contributed by atoms with E-state index in [-0.39, 0.29) is 18.4 Å². The standard InChI is InChI=1S/C24H26ClN4O3/c25-19-9-6-18(7-10-19)8-11-22(31)27-14-12-24(13-15-27)23(32)28(16-21(26)30)17-29(24)20-4-2-1-3-5-20/h1-7,9-11H,8,12-17H2,(H2,26,30). The molecule has 8 heteroatoms. The molecule has 2 aliphatic heterocycles. The number of amides is 3. The fraction of sp³-hybridized carbons (Fsp3) is 0.333. The van der Waals surface area contributed by atoms with Gasteiger partial charge in [0.1, 0.15) is 12.1 Å². The van der Waals surface area contributed by atoms with E-state index in [0.717, 1.165) is 11.3 Å². The Labute approximate surface area is 192 Å². The Morgan fingerprint density at radius 1 is 1.03 bits per heavy atom. The largest absolute Gasteiger partial charge is 0.368 e. The molecule has 7 nitrogen and oxygen atoms in total. The van der Waals surface area contributed by atoms with Crippen LogP contribution in [0.15, 0.2) is 54.6 Å². The summed E-state index contributed by atoms with van der Waals surface area (Å²) in [5.41, 5.74) is 6.53. The SMILES string of the molecule is NC(=O)CN1CN(c2ccccc2)C2(CCN(C(=O)[CH]Cc3ccc(Cl)cc3)CC2)C1=O. The molecule has 3 amide bonds. The van der Waals surface area contributed by atoms with Crippen LogP contribution in [-0.4, -0.2) is 59.4 Å². The second-order valence-electron chi connectivity index (χ2n) is 8.27. The predicted octanol–water partition coefficient (Wildman–Crippen LogP) is 2.24. The summed E-state index contributed by atoms with van der Waals surface area (Å²) in [6, 6.07) is 17.1. The molecule has 1 spiro atoms. The van der Waals surface area contributed by atoms with Gasteiger partial charge in [0.15, 0.2) is 0 Å². The van der Waals surface area contributed by atoms with Gasteiger partial charge < -0.3 is 20.4 Å². The van der Waals surface area contributed by atoms with Crippen LogP contribution in [0.1, 0.15) is 18.4 Å². The summed E-state index contributed by atoms with van der Waals surface area (Å²) in [7, 11) is 0. The van der Waals surface area contributed by atoms with Crippen molar-refractivity contribution < 1.29 is 14.4 Å². The first kappa shape index (κ1) is 22.1. The molecule has 2 N–H and O–H groups in total. The van der Waals surface area contributed by atoms with Crippen LogP contribution in [0.2, 0.25) is 5.02 Å². The molecule has 0 atom stereocenters. The molecule has 2 saturated heterocycles. The van der Waals surface area contributed by atoms with Gasteiger partial charge >= 0.3 is 0 Å². The predicted molar refractivity (Wildman–Crippen MR) is 123 cm³/mol. The van der Waals surface area contributed by atoms with Gasteiger partial charge in [0.2, 0.25) is 11.8 Å². The summed E-state index contributed by atoms with van der Waals surface area (Å²) >= 11 is 5.92. The van der Waals surface area contributed by atoms with Crippen molar-refractivity contribution in [3.8, 4) is 0 Å². The van der Waals surface area contributed by atoms with Crippen LogP contribution in [0.4, 0.5) is 5.69 Å². The summed E-state index contributed by atoms with van der Waals surface area (Å²) in [6.07, 6.45) is 3.19. The molecule has 2 fully saturated rings. The van der Waals surface area contributed by atoms with E-state index in [9.17, 15) is 14.4 Å². The van der Waals surface area contributed by atoms with E-state index in [0.29, 0.717) is 44.0 Å². The number of anilines is 1. The molecular formula is C24H26ClN4O3. The lowest BCUT2D eigenvalue weighted by Crippen LogP contribution is -2.57. The maximum absolute atomic E-state index is 13.4. The molecule has 1 radical (unpaired) electrons. The van der Waals surface area contributed by atoms with Crippen LogP contribution in [0.3, 0.4) is 0 Å². The van der Waals surface area contributed by atoms with E-state index in [2.05, 4.69) is 4.90 Å². The minimum absolute atomic E-state index is 0.0412. The van der Waals surface area contributed by atoms with Gasteiger partial charge in [-0.25, -0.2) is 0 Å². The van der Waals surface area contributed by atoms with Crippen molar-refractivity contribution in [2.75, 3.05) is 31.2 Å². The number of hydrogen-bond donors (Lipinski definition) is 1. The minimum Gasteiger partial charge on any atom is -0.368 e. The van der Waals surface area contributed by atoms with Gasteiger partial charge in [0.25, 0.3) is 5.91 Å². The molecule has 2 heterocycles. The van der Waals surface area contributed by atoms with Gasteiger partial charge in [-0.3, -0.25) is 14.4 Å². The first-order chi connectivity index (χ1) is 15.4. The highest BCUT2D eigenvalue weighted by Gasteiger charge is 2.54. The Morgan fingerprint density at radius 3 is 2.31 bits per heavy atom. The smallest absolute Gasteiger partial charge is 0.250 e. The number of piperidine rings is 1. The van der Waals surface area contributed by atoms with E-state index in [1.54, 1.807) is 11.3 Å². The number of nitrogens with zero attached hydrogens (tertiary/aromatic N) is 3. The van der Waals surface area contributed by atoms with E-state index in [4.69, 9.17) is 17.3 Å². The highest BCUT2D eigenvalue weighted by Crippen LogP contribution is 2.39. The van der Waals surface area contributed by atoms with Gasteiger partial charge in [0.05, 0.1) is 13.1 Å². The van der Waals surface area contributed by atoms with E-state index in [1.165, 1.54) is 4.90 Å². The third kappa shape index (κ3) is 4.43. The van der Waals surface area contributed by atoms with Crippen molar-refractivity contribution in [1.82, 2.24) is 9.80 Å². The minimum atomic E-state index is -0.774. The van der Waals surface area contributed by atoms with E-state index in [1.807, 2.05) is 54.6 Å². The average Bonchev–Trinajstić information content (AvgIpc) is 3.05. The zero-order chi connectivity index (χ0) is 22.7. The Morgan fingerprint density at radius 2 is 1.69 bits per heavy atom. The zero-order valence-corrected chi connectivity index (χ0v) is 18.5. The van der Waals surface area contributed by atoms with Crippen molar-refractivity contribution >= 4 is 35.0 Å². The highest BCUT2D eigenvalue weighted by atomic mass is 35.5. The lowest BCUT2D eigenvalue weighted by atomic mass is 9.85. The lowest BCUT2D eigenvalue weighted by molar-refractivity contribution is -0.138. The van der Waals surface area contributed by atoms with Crippen molar-refractivity contribution in [3.05, 3.63) is 71.6 Å². The third-order valence-corrected chi connectivity index (χ3v) is 6.51. The molecule has 167 valence electrons. The molecule has 0 unspecified atom stereocenters. The molecule has 2 aromatic carbocycles. The molecule has 0 aliphatic carbocycles. The van der Waals surface area contributed by atoms with Crippen molar-refractivity contribution in [3.63, 3.8) is 0 Å². The van der Waals surface area contributed by atoms with Crippen LogP contribution >= 0.6 is 11.6 Å². The summed E-state index contributed by atoms with van der Waals surface area (Å²) in [4.78, 5) is 43.0. The number of carbonyl (C=O) groups is 3. The quantitative estimate of drug-likeness (QED) is 0.726. The molecule has 32 heavy (non-hydrogen) atoms. The van der Waals surface area contributed by atoms with Gasteiger partial charge in [-0.1, -0.05) is 41.9 Å². The highest BCUT2D eigenvalue weighted by molar-refractivity contribution is 6.30. The topological polar surface area (TPSA) is 87.0 Å². The number of rotatable bonds is 6. The summed E-state index contributed by atoms with van der Waals surface area (Å²) in [6.45, 7) is 1.13. The van der Waals surface area contributed by atoms with Gasteiger partial charge in [-0.05, 0) is 49.1 Å². The van der Waals surface area contributed by atoms with Crippen molar-refractivity contribution in [2.45, 2.75) is 24.8 Å². The van der Waals surface area contributed by atoms with Crippen LogP contribution in [0.5, 0.6) is 0 Å². The number of halogens is 1. The molecule has 0 aromatic heterocycles. The fourth-order valence-electron chi connectivity index (χ4n) is 4.56. The Balaban J connectivity index is 1.45. The second-order valence-corrected chi connectivity index (χ2v) is 8.70. The number of hydrogen-bond acceptors (Lipinski definition) is 4. The second kappa shape index (κ2) is 9.20. The Bertz CT molecular complexity index is 988. The Kier molecular flexibility index (Phi) is 6.37. The molecule has 0 bridgehead atoms. The molecule has 2 aliphatic rings. The van der Waals surface area contributed by atoms with Crippen LogP contribution < -0.4 is 10.6 Å². The van der Waals surface area contributed by atoms with Crippen LogP contribution in [0, 0.1) is 6.42 Å². The number of primary amides is 1. The normalized spacial score (nSPS) is 17.8. The van der Waals surface area contributed by atoms with Gasteiger partial charge in [-0.2, -0.15) is 0 Å². The maximum atomic E-state index is 13.4. The van der Waals surface area contributed by atoms with Crippen molar-refractivity contribution in [1.29, 1.82) is 0 Å². The lowest BCUT2D eigenvalue weighted by Gasteiger charge is -2.43. The van der Waals surface area contributed by atoms with Crippen molar-refractivity contribution in [2.24, 2.45) is 5.73 Å². The fourth-order valence-corrected chi connectivity index (χ4v) is 4.69. The number of benzene rings is 2. The van der Waals surface area contributed by atoms with E-state index < -0.39 is 11.4 Å². The number of carbonyl (C=O) groups excluding carboxylic acids is 3. The summed E-state index contributed by atoms with van der Waals surface area (Å²) in [5, 5.41) is 0.663. The third-order valence-electron chi connectivity index (χ3n) is 6.26. The molecular weight excluding hydrogens is 428 g/mol. The summed E-state index contributed by atoms with van der Waals surface area (Å²) in [5.74, 6) is -0.675. The number of para-hydroxylation sites is 1. The average molecular weight is 454 g/mol. The van der Waals surface area contributed by atoms with Gasteiger partial charge in [-0.15, -0.1) is 0 Å². The van der Waals surface area contributed by atoms with Crippen LogP contribution in [0.25, 0.3) is 0 Å². The molecule has 4 rings (SSSR count). The Hall–Kier alpha value is -3.06. The maximum Gasteiger partial charge on any atom is 0.250 e. The van der Waals surface area contributed by atoms with Crippen LogP contribution in [-0.2, 0) is 20.8 Å². The zero-order valence-electron chi connectivity index (χ0n) is 17.7. The number of nitrogens with two attached hydrogens (primary N) is 1. The first-order valence-electron chi connectivity index (χ1n) is 10.7.